The van der Waals surface area contributed by atoms with Gasteiger partial charge in [-0.25, -0.2) is 8.42 Å². The second kappa shape index (κ2) is 24.6. The van der Waals surface area contributed by atoms with Crippen LogP contribution in [0.15, 0.2) is 103 Å². The Kier molecular flexibility index (Phi) is 19.5. The Morgan fingerprint density at radius 3 is 1.65 bits per heavy atom. The zero-order valence-corrected chi connectivity index (χ0v) is 48.3. The molecule has 4 aromatic carbocycles. The number of aromatic hydroxyl groups is 1. The number of ether oxygens (including phenoxy) is 3. The Morgan fingerprint density at radius 2 is 1.19 bits per heavy atom. The van der Waals surface area contributed by atoms with E-state index in [0.29, 0.717) is 49.7 Å². The van der Waals surface area contributed by atoms with E-state index in [2.05, 4.69) is 111 Å². The number of phenols is 1. The number of rotatable bonds is 14. The first kappa shape index (κ1) is 61.2. The summed E-state index contributed by atoms with van der Waals surface area (Å²) in [6, 6.07) is 35.8. The Morgan fingerprint density at radius 1 is 0.714 bits per heavy atom. The number of alkyl halides is 3. The van der Waals surface area contributed by atoms with E-state index in [1.165, 1.54) is 43.5 Å². The first-order valence-electron chi connectivity index (χ1n) is 27.5. The number of fused-ring (bicyclic) bond motifs is 3. The number of hydrogen-bond donors (Lipinski definition) is 1. The molecule has 0 aliphatic heterocycles. The van der Waals surface area contributed by atoms with Gasteiger partial charge in [-0.2, -0.15) is 13.2 Å². The molecule has 5 saturated carbocycles. The van der Waals surface area contributed by atoms with E-state index >= 15 is 0 Å². The van der Waals surface area contributed by atoms with E-state index in [4.69, 9.17) is 14.6 Å². The van der Waals surface area contributed by atoms with Crippen molar-refractivity contribution >= 4 is 58.7 Å². The average Bonchev–Trinajstić information content (AvgIpc) is 4.05. The molecule has 4 bridgehead atoms. The van der Waals surface area contributed by atoms with Crippen molar-refractivity contribution < 1.29 is 59.8 Å². The van der Waals surface area contributed by atoms with Crippen molar-refractivity contribution in [1.29, 1.82) is 0 Å². The van der Waals surface area contributed by atoms with Crippen LogP contribution in [0.3, 0.4) is 0 Å². The van der Waals surface area contributed by atoms with Gasteiger partial charge in [0.05, 0.1) is 32.1 Å². The summed E-state index contributed by atoms with van der Waals surface area (Å²) in [4.78, 5) is 39.2. The van der Waals surface area contributed by atoms with Gasteiger partial charge in [0.1, 0.15) is 17.0 Å². The predicted molar refractivity (Wildman–Crippen MR) is 299 cm³/mol. The normalized spacial score (nSPS) is 22.4. The number of carbonyl (C=O) groups excluding carboxylic acids is 3. The van der Waals surface area contributed by atoms with Gasteiger partial charge in [0.2, 0.25) is 6.10 Å². The van der Waals surface area contributed by atoms with Crippen molar-refractivity contribution in [2.45, 2.75) is 182 Å². The number of esters is 3. The fourth-order valence-electron chi connectivity index (χ4n) is 11.6. The van der Waals surface area contributed by atoms with Crippen molar-refractivity contribution in [3.05, 3.63) is 109 Å². The van der Waals surface area contributed by atoms with Crippen LogP contribution in [0.25, 0.3) is 25.1 Å². The van der Waals surface area contributed by atoms with Crippen molar-refractivity contribution in [2.24, 2.45) is 34.0 Å². The molecule has 4 atom stereocenters. The minimum atomic E-state index is -5.27. The Labute approximate surface area is 457 Å². The molecule has 1 heterocycles. The zero-order valence-electron chi connectivity index (χ0n) is 46.7. The average molecular weight is 1110 g/mol. The van der Waals surface area contributed by atoms with Gasteiger partial charge < -0.3 is 23.9 Å². The number of hydrogen-bond acceptors (Lipinski definition) is 10. The minimum Gasteiger partial charge on any atom is -0.748 e. The molecular weight excluding hydrogens is 1030 g/mol. The number of phenolic OH excluding ortho intramolecular Hbond substituents is 1. The molecule has 10 rings (SSSR count). The van der Waals surface area contributed by atoms with E-state index in [0.717, 1.165) is 32.1 Å². The van der Waals surface area contributed by atoms with Crippen LogP contribution in [0.5, 0.6) is 5.75 Å². The van der Waals surface area contributed by atoms with Crippen LogP contribution < -0.4 is 0 Å². The van der Waals surface area contributed by atoms with Crippen LogP contribution in [0.1, 0.15) is 164 Å². The molecule has 5 fully saturated rings. The second-order valence-electron chi connectivity index (χ2n) is 23.8. The van der Waals surface area contributed by atoms with E-state index in [1.807, 2.05) is 39.8 Å². The smallest absolute Gasteiger partial charge is 0.426 e. The van der Waals surface area contributed by atoms with E-state index < -0.39 is 56.5 Å². The van der Waals surface area contributed by atoms with Crippen molar-refractivity contribution in [3.8, 4) is 10.6 Å². The van der Waals surface area contributed by atoms with E-state index in [9.17, 15) is 40.5 Å². The van der Waals surface area contributed by atoms with Gasteiger partial charge in [-0.3, -0.25) is 14.4 Å². The summed E-state index contributed by atoms with van der Waals surface area (Å²) in [7, 11) is -5.21. The lowest BCUT2D eigenvalue weighted by Gasteiger charge is -2.60. The van der Waals surface area contributed by atoms with Crippen LogP contribution in [0.2, 0.25) is 0 Å². The summed E-state index contributed by atoms with van der Waals surface area (Å²) < 4.78 is 91.8. The quantitative estimate of drug-likeness (QED) is 0.0491. The van der Waals surface area contributed by atoms with Gasteiger partial charge in [-0.15, -0.1) is 0 Å². The molecule has 422 valence electrons. The molecule has 5 aliphatic rings. The largest absolute Gasteiger partial charge is 0.748 e. The molecule has 0 spiro atoms. The lowest BCUT2D eigenvalue weighted by molar-refractivity contribution is -0.239. The fraction of sp³-hybridized carbons (Fsp3) is 0.565. The molecular formula is C62H81F3O10S2. The third-order valence-electron chi connectivity index (χ3n) is 16.9. The van der Waals surface area contributed by atoms with E-state index in [1.54, 1.807) is 26.0 Å². The van der Waals surface area contributed by atoms with Crippen LogP contribution in [-0.2, 0) is 38.7 Å². The first-order valence-corrected chi connectivity index (χ1v) is 30.3. The van der Waals surface area contributed by atoms with Gasteiger partial charge >= 0.3 is 24.1 Å². The molecule has 5 aliphatic carbocycles. The molecule has 77 heavy (non-hydrogen) atoms. The van der Waals surface area contributed by atoms with Gasteiger partial charge in [-0.05, 0) is 183 Å². The highest BCUT2D eigenvalue weighted by Gasteiger charge is 2.64. The number of benzene rings is 4. The Hall–Kier alpha value is -4.99. The molecule has 4 unspecified atom stereocenters. The van der Waals surface area contributed by atoms with Gasteiger partial charge in [0, 0.05) is 27.7 Å². The molecule has 15 heteroatoms. The third-order valence-corrected chi connectivity index (χ3v) is 20.0. The summed E-state index contributed by atoms with van der Waals surface area (Å²) in [5.74, 6) is -2.10. The molecule has 1 N–H and O–H groups in total. The van der Waals surface area contributed by atoms with Gasteiger partial charge in [0.15, 0.2) is 14.3 Å². The third kappa shape index (κ3) is 14.8. The summed E-state index contributed by atoms with van der Waals surface area (Å²) in [5.41, 5.74) is -2.18. The maximum absolute atomic E-state index is 13.3. The van der Waals surface area contributed by atoms with Gasteiger partial charge in [0.25, 0.3) is 0 Å². The van der Waals surface area contributed by atoms with Crippen molar-refractivity contribution in [3.63, 3.8) is 0 Å². The topological polar surface area (TPSA) is 156 Å². The van der Waals surface area contributed by atoms with Gasteiger partial charge in [-0.1, -0.05) is 96.1 Å². The maximum Gasteiger partial charge on any atom is 0.426 e. The summed E-state index contributed by atoms with van der Waals surface area (Å²) in [6.45, 7) is 20.0. The lowest BCUT2D eigenvalue weighted by Crippen LogP contribution is -2.61. The summed E-state index contributed by atoms with van der Waals surface area (Å²) >= 11 is 0. The molecule has 1 aromatic heterocycles. The molecule has 0 radical (unpaired) electrons. The number of halogens is 3. The van der Waals surface area contributed by atoms with Crippen LogP contribution >= 0.6 is 10.5 Å². The summed E-state index contributed by atoms with van der Waals surface area (Å²) in [5, 5.41) is 11.8. The molecule has 0 saturated heterocycles. The fourth-order valence-corrected chi connectivity index (χ4v) is 14.6. The van der Waals surface area contributed by atoms with Crippen LogP contribution in [0.4, 0.5) is 13.2 Å². The molecule has 10 nitrogen and oxygen atoms in total. The Bertz CT molecular complexity index is 2840. The second-order valence-corrected chi connectivity index (χ2v) is 27.2. The van der Waals surface area contributed by atoms with Crippen LogP contribution in [0, 0.1) is 34.0 Å². The maximum atomic E-state index is 13.3. The monoisotopic (exact) mass is 1110 g/mol. The zero-order chi connectivity index (χ0) is 56.8. The molecule has 0 amide bonds. The van der Waals surface area contributed by atoms with E-state index in [-0.39, 0.29) is 45.7 Å². The molecule has 5 aromatic rings. The standard InChI is InChI=1S/C20H29F3O7S.C18H13S.C14H26O2.C10H14O/c1-4-17(2,3)15(24)30-19-8-12-5-13(9-19)7-18(6-12,11-19)16(25)29-14(20(21,22)23)10-31(26,27)28;1-2-8-14(9-3-1)19-17-12-6-4-10-15(17)16-11-5-7-13-18(16)19;1-6-13(4,5)12(15)16-14(11(2)3)9-7-8-10-14;1-3-8(2)9-4-6-10(11)7-5-9/h12-14H,4-11H2,1-3H3,(H,26,27,28);1-13H;11H,6-10H2,1-5H3;4-8,11H,3H2,1-2H3/q;+1;;/p-1. The highest BCUT2D eigenvalue weighted by atomic mass is 32.2. The van der Waals surface area contributed by atoms with Crippen molar-refractivity contribution in [1.82, 2.24) is 0 Å². The Balaban J connectivity index is 0.000000179. The summed E-state index contributed by atoms with van der Waals surface area (Å²) in [6.07, 6.45) is 1.30. The lowest BCUT2D eigenvalue weighted by atomic mass is 9.48. The van der Waals surface area contributed by atoms with Crippen LogP contribution in [-0.4, -0.2) is 65.2 Å². The predicted octanol–water partition coefficient (Wildman–Crippen LogP) is 15.9. The van der Waals surface area contributed by atoms with Crippen molar-refractivity contribution in [2.75, 3.05) is 5.75 Å². The SMILES string of the molecule is CCC(C)(C)C(=O)OC1(C(C)C)CCCC1.CCC(C)(C)C(=O)OC12CC3CC(C1)CC(C(=O)OC(CS(=O)(=O)[O-])C(F)(F)F)(C3)C2.CCC(C)c1ccc(O)cc1.c1ccc(-[s+]2c3ccccc3c3ccccc32)cc1. The minimum absolute atomic E-state index is 0.00100. The number of carbonyl (C=O) groups is 3. The highest BCUT2D eigenvalue weighted by molar-refractivity contribution is 7.85. The first-order chi connectivity index (χ1) is 36.0. The highest BCUT2D eigenvalue weighted by Crippen LogP contribution is 2.64. The number of thiophene rings is 1.